The zero-order valence-electron chi connectivity index (χ0n) is 36.1. The summed E-state index contributed by atoms with van der Waals surface area (Å²) >= 11 is 0. The van der Waals surface area contributed by atoms with Gasteiger partial charge < -0.3 is 0 Å². The van der Waals surface area contributed by atoms with E-state index in [1.54, 1.807) is 0 Å². The minimum Gasteiger partial charge on any atom is -0.0616 e. The lowest BCUT2D eigenvalue weighted by Gasteiger charge is -2.18. The van der Waals surface area contributed by atoms with Crippen LogP contribution in [0.3, 0.4) is 0 Å². The highest BCUT2D eigenvalue weighted by molar-refractivity contribution is 6.39. The maximum atomic E-state index is 2.43. The predicted octanol–water partition coefficient (Wildman–Crippen LogP) is 18.7. The van der Waals surface area contributed by atoms with E-state index in [0.29, 0.717) is 0 Å². The molecule has 0 unspecified atom stereocenters. The van der Waals surface area contributed by atoms with Crippen molar-refractivity contribution in [3.8, 4) is 44.5 Å². The van der Waals surface area contributed by atoms with Crippen LogP contribution in [0.2, 0.25) is 0 Å². The normalized spacial score (nSPS) is 11.9. The molecule has 0 nitrogen and oxygen atoms in total. The summed E-state index contributed by atoms with van der Waals surface area (Å²) in [6.45, 7) is 0. The highest BCUT2D eigenvalue weighted by Crippen LogP contribution is 2.46. The summed E-state index contributed by atoms with van der Waals surface area (Å²) in [5.74, 6) is 0. The fraction of sp³-hybridized carbons (Fsp3) is 0. The van der Waals surface area contributed by atoms with Crippen LogP contribution in [0.25, 0.3) is 141 Å². The molecule has 0 amide bonds. The molecule has 0 aliphatic heterocycles. The lowest BCUT2D eigenvalue weighted by atomic mass is 9.85. The van der Waals surface area contributed by atoms with Crippen molar-refractivity contribution in [3.63, 3.8) is 0 Å². The summed E-state index contributed by atoms with van der Waals surface area (Å²) in [6.07, 6.45) is 0. The molecule has 0 atom stereocenters. The minimum absolute atomic E-state index is 1.22. The van der Waals surface area contributed by atoms with Crippen molar-refractivity contribution in [2.45, 2.75) is 0 Å². The molecular formula is C66H40. The zero-order chi connectivity index (χ0) is 43.3. The smallest absolute Gasteiger partial charge is 0.00139 e. The number of benzene rings is 14. The number of rotatable bonds is 4. The molecule has 14 rings (SSSR count). The monoisotopic (exact) mass is 832 g/mol. The Morgan fingerprint density at radius 1 is 0.136 bits per heavy atom. The molecule has 0 aliphatic rings. The van der Waals surface area contributed by atoms with Crippen molar-refractivity contribution >= 4 is 97.0 Å². The molecule has 14 aromatic rings. The maximum Gasteiger partial charge on any atom is -0.00139 e. The third kappa shape index (κ3) is 5.86. The van der Waals surface area contributed by atoms with Gasteiger partial charge in [-0.15, -0.1) is 0 Å². The van der Waals surface area contributed by atoms with Gasteiger partial charge in [0.05, 0.1) is 0 Å². The first kappa shape index (κ1) is 36.9. The van der Waals surface area contributed by atoms with E-state index in [4.69, 9.17) is 0 Å². The van der Waals surface area contributed by atoms with Gasteiger partial charge in [0.25, 0.3) is 0 Å². The van der Waals surface area contributed by atoms with Crippen molar-refractivity contribution in [2.75, 3.05) is 0 Å². The summed E-state index contributed by atoms with van der Waals surface area (Å²) < 4.78 is 0. The molecule has 0 bridgehead atoms. The van der Waals surface area contributed by atoms with Gasteiger partial charge in [0.1, 0.15) is 0 Å². The van der Waals surface area contributed by atoms with Crippen molar-refractivity contribution < 1.29 is 0 Å². The second-order valence-corrected chi connectivity index (χ2v) is 18.0. The van der Waals surface area contributed by atoms with Gasteiger partial charge in [-0.3, -0.25) is 0 Å². The molecule has 0 radical (unpaired) electrons. The van der Waals surface area contributed by atoms with E-state index in [0.717, 1.165) is 0 Å². The van der Waals surface area contributed by atoms with Crippen LogP contribution in [0.15, 0.2) is 243 Å². The standard InChI is InChI=1S/C66H40/c1-3-11-45-33-47(23-17-41(45)9-1)49-25-19-43-21-27-51(37-55(43)35-49)53-29-31-61-63(39-53)57-13-5-7-15-59(57)66-62-32-30-54(40-64(62)58-14-6-8-16-60(58)65(61)66)52-28-22-44-20-26-50(36-56(44)38-52)48-24-18-42-10-2-4-12-46(42)34-48/h1-40H. The summed E-state index contributed by atoms with van der Waals surface area (Å²) in [5.41, 5.74) is 9.83. The molecule has 0 spiro atoms. The summed E-state index contributed by atoms with van der Waals surface area (Å²) in [5, 5.41) is 22.9. The van der Waals surface area contributed by atoms with Crippen molar-refractivity contribution in [1.82, 2.24) is 0 Å². The van der Waals surface area contributed by atoms with Crippen LogP contribution in [-0.2, 0) is 0 Å². The SMILES string of the molecule is c1ccc2cc(-c3ccc4ccc(-c5ccc6c(c5)c5ccccc5c5c7ccc(-c8ccc9ccc(-c%10ccc%11ccccc%11c%10)cc9c8)cc7c7ccccc7c65)cc4c3)ccc2c1. The van der Waals surface area contributed by atoms with Crippen LogP contribution >= 0.6 is 0 Å². The number of hydrogen-bond donors (Lipinski definition) is 0. The van der Waals surface area contributed by atoms with Gasteiger partial charge in [0.2, 0.25) is 0 Å². The average molecular weight is 833 g/mol. The molecule has 0 aromatic heterocycles. The van der Waals surface area contributed by atoms with Crippen LogP contribution in [0.1, 0.15) is 0 Å². The lowest BCUT2D eigenvalue weighted by molar-refractivity contribution is 1.66. The Morgan fingerprint density at radius 3 is 0.742 bits per heavy atom. The third-order valence-electron chi connectivity index (χ3n) is 14.3. The average Bonchev–Trinajstić information content (AvgIpc) is 3.39. The van der Waals surface area contributed by atoms with Crippen LogP contribution in [0, 0.1) is 0 Å². The van der Waals surface area contributed by atoms with E-state index in [-0.39, 0.29) is 0 Å². The van der Waals surface area contributed by atoms with Crippen molar-refractivity contribution in [1.29, 1.82) is 0 Å². The van der Waals surface area contributed by atoms with Crippen LogP contribution < -0.4 is 0 Å². The highest BCUT2D eigenvalue weighted by atomic mass is 14.2. The molecule has 0 heterocycles. The Morgan fingerprint density at radius 2 is 0.379 bits per heavy atom. The molecule has 0 heteroatoms. The summed E-state index contributed by atoms with van der Waals surface area (Å²) in [4.78, 5) is 0. The lowest BCUT2D eigenvalue weighted by Crippen LogP contribution is -1.90. The first-order valence-electron chi connectivity index (χ1n) is 23.0. The van der Waals surface area contributed by atoms with Gasteiger partial charge in [-0.05, 0) is 190 Å². The van der Waals surface area contributed by atoms with E-state index in [1.807, 2.05) is 0 Å². The van der Waals surface area contributed by atoms with Gasteiger partial charge in [-0.1, -0.05) is 194 Å². The minimum atomic E-state index is 1.22. The molecule has 0 saturated heterocycles. The molecule has 0 aliphatic carbocycles. The largest absolute Gasteiger partial charge is 0.0616 e. The van der Waals surface area contributed by atoms with E-state index < -0.39 is 0 Å². The third-order valence-corrected chi connectivity index (χ3v) is 14.3. The first-order valence-corrected chi connectivity index (χ1v) is 23.0. The summed E-state index contributed by atoms with van der Waals surface area (Å²) in [6, 6.07) is 90.6. The van der Waals surface area contributed by atoms with E-state index in [9.17, 15) is 0 Å². The van der Waals surface area contributed by atoms with E-state index in [1.165, 1.54) is 141 Å². The Hall–Kier alpha value is -8.58. The second-order valence-electron chi connectivity index (χ2n) is 18.0. The van der Waals surface area contributed by atoms with Crippen LogP contribution in [0.4, 0.5) is 0 Å². The van der Waals surface area contributed by atoms with Gasteiger partial charge in [-0.2, -0.15) is 0 Å². The molecule has 14 aromatic carbocycles. The number of hydrogen-bond acceptors (Lipinski definition) is 0. The highest BCUT2D eigenvalue weighted by Gasteiger charge is 2.18. The fourth-order valence-electron chi connectivity index (χ4n) is 11.0. The van der Waals surface area contributed by atoms with Gasteiger partial charge in [0, 0.05) is 0 Å². The Labute approximate surface area is 382 Å². The first-order chi connectivity index (χ1) is 32.7. The topological polar surface area (TPSA) is 0 Å². The fourth-order valence-corrected chi connectivity index (χ4v) is 11.0. The molecule has 304 valence electrons. The van der Waals surface area contributed by atoms with Gasteiger partial charge >= 0.3 is 0 Å². The second kappa shape index (κ2) is 14.5. The molecular weight excluding hydrogens is 793 g/mol. The van der Waals surface area contributed by atoms with Crippen LogP contribution in [-0.4, -0.2) is 0 Å². The molecule has 0 fully saturated rings. The van der Waals surface area contributed by atoms with Crippen molar-refractivity contribution in [2.24, 2.45) is 0 Å². The van der Waals surface area contributed by atoms with Gasteiger partial charge in [0.15, 0.2) is 0 Å². The zero-order valence-corrected chi connectivity index (χ0v) is 36.1. The van der Waals surface area contributed by atoms with Crippen LogP contribution in [0.5, 0.6) is 0 Å². The Bertz CT molecular complexity index is 4060. The summed E-state index contributed by atoms with van der Waals surface area (Å²) in [7, 11) is 0. The quantitative estimate of drug-likeness (QED) is 0.155. The molecule has 0 N–H and O–H groups in total. The van der Waals surface area contributed by atoms with Crippen molar-refractivity contribution in [3.05, 3.63) is 243 Å². The molecule has 66 heavy (non-hydrogen) atoms. The Balaban J connectivity index is 0.907. The van der Waals surface area contributed by atoms with E-state index >= 15 is 0 Å². The predicted molar refractivity (Wildman–Crippen MR) is 286 cm³/mol. The maximum absolute atomic E-state index is 2.43. The number of fused-ring (bicyclic) bond motifs is 15. The Kier molecular flexibility index (Phi) is 8.08. The molecule has 0 saturated carbocycles. The van der Waals surface area contributed by atoms with Gasteiger partial charge in [-0.25, -0.2) is 0 Å². The van der Waals surface area contributed by atoms with E-state index in [2.05, 4.69) is 243 Å².